The zero-order chi connectivity index (χ0) is 19.3. The highest BCUT2D eigenvalue weighted by molar-refractivity contribution is 9.10. The fraction of sp³-hybridized carbons (Fsp3) is 0.111. The summed E-state index contributed by atoms with van der Waals surface area (Å²) >= 11 is 4.31. The number of carboxylic acid groups (broad SMARTS) is 1. The molecule has 0 fully saturated rings. The highest BCUT2D eigenvalue weighted by Crippen LogP contribution is 2.32. The van der Waals surface area contributed by atoms with Crippen molar-refractivity contribution in [3.63, 3.8) is 0 Å². The number of carboxylic acids is 1. The number of aromatic nitrogens is 2. The van der Waals surface area contributed by atoms with Crippen LogP contribution in [0.15, 0.2) is 34.9 Å². The normalized spacial score (nSPS) is 11.6. The molecule has 0 unspecified atom stereocenters. The van der Waals surface area contributed by atoms with E-state index in [1.165, 1.54) is 0 Å². The van der Waals surface area contributed by atoms with E-state index in [0.29, 0.717) is 16.6 Å². The molecule has 2 aromatic heterocycles. The molecular formula is C18H10BrF3N2O2S. The van der Waals surface area contributed by atoms with Crippen molar-refractivity contribution in [2.24, 2.45) is 0 Å². The third-order valence-electron chi connectivity index (χ3n) is 4.13. The van der Waals surface area contributed by atoms with Crippen LogP contribution in [0.3, 0.4) is 0 Å². The SMILES string of the molecule is O=C(O)Cn1cc(Cc2nc3c(F)c(F)cc(F)c3s2)c2ccc(Br)cc21. The summed E-state index contributed by atoms with van der Waals surface area (Å²) in [5.41, 5.74) is 1.15. The molecule has 2 aromatic carbocycles. The zero-order valence-electron chi connectivity index (χ0n) is 13.5. The Morgan fingerprint density at radius 1 is 1.22 bits per heavy atom. The van der Waals surface area contributed by atoms with E-state index in [4.69, 9.17) is 5.11 Å². The van der Waals surface area contributed by atoms with E-state index >= 15 is 0 Å². The Hall–Kier alpha value is -2.39. The van der Waals surface area contributed by atoms with Crippen molar-refractivity contribution in [3.8, 4) is 0 Å². The number of hydrogen-bond donors (Lipinski definition) is 1. The summed E-state index contributed by atoms with van der Waals surface area (Å²) in [6.07, 6.45) is 1.93. The van der Waals surface area contributed by atoms with Crippen LogP contribution in [0.5, 0.6) is 0 Å². The van der Waals surface area contributed by atoms with Crippen LogP contribution >= 0.6 is 27.3 Å². The van der Waals surface area contributed by atoms with Crippen molar-refractivity contribution >= 4 is 54.4 Å². The molecule has 4 rings (SSSR count). The van der Waals surface area contributed by atoms with Crippen molar-refractivity contribution in [2.45, 2.75) is 13.0 Å². The van der Waals surface area contributed by atoms with Crippen molar-refractivity contribution in [3.05, 3.63) is 63.0 Å². The van der Waals surface area contributed by atoms with Gasteiger partial charge in [-0.05, 0) is 17.7 Å². The Balaban J connectivity index is 1.82. The van der Waals surface area contributed by atoms with E-state index in [1.54, 1.807) is 16.8 Å². The molecule has 0 aliphatic carbocycles. The molecule has 0 amide bonds. The van der Waals surface area contributed by atoms with Crippen LogP contribution < -0.4 is 0 Å². The number of nitrogens with zero attached hydrogens (tertiary/aromatic N) is 2. The summed E-state index contributed by atoms with van der Waals surface area (Å²) < 4.78 is 43.6. The van der Waals surface area contributed by atoms with E-state index in [1.807, 2.05) is 12.1 Å². The summed E-state index contributed by atoms with van der Waals surface area (Å²) in [4.78, 5) is 15.2. The average Bonchev–Trinajstić information content (AvgIpc) is 3.15. The molecule has 0 radical (unpaired) electrons. The molecule has 0 atom stereocenters. The van der Waals surface area contributed by atoms with Crippen LogP contribution in [0, 0.1) is 17.5 Å². The molecule has 27 heavy (non-hydrogen) atoms. The van der Waals surface area contributed by atoms with E-state index in [2.05, 4.69) is 20.9 Å². The first-order chi connectivity index (χ1) is 12.8. The minimum absolute atomic E-state index is 0.0408. The lowest BCUT2D eigenvalue weighted by Gasteiger charge is -2.01. The average molecular weight is 455 g/mol. The fourth-order valence-electron chi connectivity index (χ4n) is 3.03. The van der Waals surface area contributed by atoms with Gasteiger partial charge in [0.1, 0.15) is 17.9 Å². The molecule has 138 valence electrons. The third kappa shape index (κ3) is 3.21. The Bertz CT molecular complexity index is 1220. The highest BCUT2D eigenvalue weighted by Gasteiger charge is 2.19. The molecule has 0 saturated heterocycles. The van der Waals surface area contributed by atoms with Crippen LogP contribution in [0.4, 0.5) is 13.2 Å². The van der Waals surface area contributed by atoms with Gasteiger partial charge < -0.3 is 9.67 Å². The van der Waals surface area contributed by atoms with Gasteiger partial charge in [0.05, 0.1) is 9.71 Å². The maximum atomic E-state index is 13.9. The van der Waals surface area contributed by atoms with Gasteiger partial charge in [0.15, 0.2) is 11.6 Å². The van der Waals surface area contributed by atoms with E-state index < -0.39 is 23.4 Å². The van der Waals surface area contributed by atoms with Crippen molar-refractivity contribution in [2.75, 3.05) is 0 Å². The Kier molecular flexibility index (Phi) is 4.43. The lowest BCUT2D eigenvalue weighted by molar-refractivity contribution is -0.137. The third-order valence-corrected chi connectivity index (χ3v) is 5.69. The fourth-order valence-corrected chi connectivity index (χ4v) is 4.36. The molecule has 1 N–H and O–H groups in total. The monoisotopic (exact) mass is 454 g/mol. The number of halogens is 4. The van der Waals surface area contributed by atoms with E-state index in [0.717, 1.165) is 26.8 Å². The van der Waals surface area contributed by atoms with Gasteiger partial charge in [-0.15, -0.1) is 11.3 Å². The predicted octanol–water partition coefficient (Wildman–Crippen LogP) is 5.11. The molecule has 2 heterocycles. The molecule has 0 aliphatic rings. The van der Waals surface area contributed by atoms with E-state index in [9.17, 15) is 18.0 Å². The van der Waals surface area contributed by atoms with Gasteiger partial charge in [-0.2, -0.15) is 0 Å². The van der Waals surface area contributed by atoms with Crippen LogP contribution in [0.1, 0.15) is 10.6 Å². The van der Waals surface area contributed by atoms with Gasteiger partial charge in [0.25, 0.3) is 0 Å². The van der Waals surface area contributed by atoms with Gasteiger partial charge in [0, 0.05) is 34.1 Å². The minimum Gasteiger partial charge on any atom is -0.480 e. The second kappa shape index (κ2) is 6.65. The number of fused-ring (bicyclic) bond motifs is 2. The van der Waals surface area contributed by atoms with Gasteiger partial charge in [-0.3, -0.25) is 4.79 Å². The van der Waals surface area contributed by atoms with Gasteiger partial charge in [-0.1, -0.05) is 22.0 Å². The van der Waals surface area contributed by atoms with Crippen LogP contribution in [0.25, 0.3) is 21.1 Å². The first-order valence-corrected chi connectivity index (χ1v) is 9.36. The zero-order valence-corrected chi connectivity index (χ0v) is 15.9. The molecule has 4 nitrogen and oxygen atoms in total. The number of carbonyl (C=O) groups is 1. The largest absolute Gasteiger partial charge is 0.480 e. The van der Waals surface area contributed by atoms with Crippen molar-refractivity contribution < 1.29 is 23.1 Å². The van der Waals surface area contributed by atoms with Crippen LogP contribution in [-0.4, -0.2) is 20.6 Å². The lowest BCUT2D eigenvalue weighted by Crippen LogP contribution is -2.07. The van der Waals surface area contributed by atoms with Crippen LogP contribution in [0.2, 0.25) is 0 Å². The standard InChI is InChI=1S/C18H10BrF3N2O2S/c19-9-1-2-10-8(6-24(7-15(25)26)13(10)4-9)3-14-23-17-16(22)11(20)5-12(21)18(17)27-14/h1-2,4-6H,3,7H2,(H,25,26). The lowest BCUT2D eigenvalue weighted by atomic mass is 10.1. The summed E-state index contributed by atoms with van der Waals surface area (Å²) in [6.45, 7) is -0.221. The summed E-state index contributed by atoms with van der Waals surface area (Å²) in [7, 11) is 0. The summed E-state index contributed by atoms with van der Waals surface area (Å²) in [6, 6.07) is 5.97. The first-order valence-electron chi connectivity index (χ1n) is 7.75. The van der Waals surface area contributed by atoms with Gasteiger partial charge >= 0.3 is 5.97 Å². The predicted molar refractivity (Wildman–Crippen MR) is 99.6 cm³/mol. The van der Waals surface area contributed by atoms with Gasteiger partial charge in [0.2, 0.25) is 0 Å². The van der Waals surface area contributed by atoms with Crippen molar-refractivity contribution in [1.29, 1.82) is 0 Å². The molecule has 4 aromatic rings. The second-order valence-electron chi connectivity index (χ2n) is 5.95. The van der Waals surface area contributed by atoms with Crippen molar-refractivity contribution in [1.82, 2.24) is 9.55 Å². The van der Waals surface area contributed by atoms with Gasteiger partial charge in [-0.25, -0.2) is 18.2 Å². The smallest absolute Gasteiger partial charge is 0.323 e. The Morgan fingerprint density at radius 3 is 2.74 bits per heavy atom. The summed E-state index contributed by atoms with van der Waals surface area (Å²) in [5.74, 6) is -4.30. The van der Waals surface area contributed by atoms with E-state index in [-0.39, 0.29) is 23.2 Å². The minimum atomic E-state index is -1.28. The second-order valence-corrected chi connectivity index (χ2v) is 7.95. The molecule has 0 aliphatic heterocycles. The topological polar surface area (TPSA) is 55.1 Å². The maximum Gasteiger partial charge on any atom is 0.323 e. The molecule has 0 spiro atoms. The first kappa shape index (κ1) is 18.0. The highest BCUT2D eigenvalue weighted by atomic mass is 79.9. The molecule has 0 saturated carbocycles. The number of rotatable bonds is 4. The number of hydrogen-bond acceptors (Lipinski definition) is 3. The molecular weight excluding hydrogens is 445 g/mol. The molecule has 0 bridgehead atoms. The maximum absolute atomic E-state index is 13.9. The molecule has 9 heteroatoms. The Labute approximate surface area is 163 Å². The quantitative estimate of drug-likeness (QED) is 0.436. The number of aliphatic carboxylic acids is 1. The van der Waals surface area contributed by atoms with Crippen LogP contribution in [-0.2, 0) is 17.8 Å². The summed E-state index contributed by atoms with van der Waals surface area (Å²) in [5, 5.41) is 10.3. The number of benzene rings is 2. The Morgan fingerprint density at radius 2 is 2.00 bits per heavy atom. The number of thiazole rings is 1.